The summed E-state index contributed by atoms with van der Waals surface area (Å²) in [6, 6.07) is 8.28. The van der Waals surface area contributed by atoms with Crippen molar-refractivity contribution < 1.29 is 9.59 Å². The minimum Gasteiger partial charge on any atom is -0.299 e. The van der Waals surface area contributed by atoms with Gasteiger partial charge in [0.05, 0.1) is 0 Å². The number of hydrogen-bond donors (Lipinski definition) is 0. The standard InChI is InChI=1S/C17H16O2/c1-11(18)17(12(2)19)8-7-16-14(10-17)9-13-5-3-4-6-15(13)16/h3-8H,9-10H2,1-2H3. The molecule has 0 radical (unpaired) electrons. The zero-order valence-corrected chi connectivity index (χ0v) is 11.2. The van der Waals surface area contributed by atoms with Crippen LogP contribution < -0.4 is 0 Å². The van der Waals surface area contributed by atoms with Gasteiger partial charge in [0, 0.05) is 0 Å². The molecular formula is C17H16O2. The summed E-state index contributed by atoms with van der Waals surface area (Å²) in [5, 5.41) is 0. The number of ketones is 2. The maximum Gasteiger partial charge on any atom is 0.147 e. The summed E-state index contributed by atoms with van der Waals surface area (Å²) >= 11 is 0. The monoisotopic (exact) mass is 252 g/mol. The molecule has 0 unspecified atom stereocenters. The van der Waals surface area contributed by atoms with E-state index in [9.17, 15) is 9.59 Å². The van der Waals surface area contributed by atoms with Crippen molar-refractivity contribution >= 4 is 17.1 Å². The minimum absolute atomic E-state index is 0.0567. The first-order valence-electron chi connectivity index (χ1n) is 6.56. The van der Waals surface area contributed by atoms with Gasteiger partial charge in [-0.15, -0.1) is 0 Å². The van der Waals surface area contributed by atoms with Crippen LogP contribution in [0.5, 0.6) is 0 Å². The fourth-order valence-electron chi connectivity index (χ4n) is 3.17. The van der Waals surface area contributed by atoms with Crippen molar-refractivity contribution in [1.29, 1.82) is 0 Å². The third-order valence-electron chi connectivity index (χ3n) is 4.38. The van der Waals surface area contributed by atoms with Crippen LogP contribution in [0.1, 0.15) is 31.4 Å². The van der Waals surface area contributed by atoms with E-state index in [1.807, 2.05) is 18.2 Å². The Kier molecular flexibility index (Phi) is 2.56. The van der Waals surface area contributed by atoms with Crippen LogP contribution in [0.2, 0.25) is 0 Å². The highest BCUT2D eigenvalue weighted by molar-refractivity contribution is 6.09. The molecule has 0 aliphatic heterocycles. The molecule has 0 saturated heterocycles. The van der Waals surface area contributed by atoms with Gasteiger partial charge >= 0.3 is 0 Å². The maximum absolute atomic E-state index is 11.9. The van der Waals surface area contributed by atoms with Crippen LogP contribution in [-0.2, 0) is 16.0 Å². The van der Waals surface area contributed by atoms with Gasteiger partial charge in [-0.1, -0.05) is 42.0 Å². The second-order valence-electron chi connectivity index (χ2n) is 5.44. The number of allylic oxidation sites excluding steroid dienone is 4. The number of rotatable bonds is 2. The van der Waals surface area contributed by atoms with Gasteiger partial charge in [0.2, 0.25) is 0 Å². The maximum atomic E-state index is 11.9. The lowest BCUT2D eigenvalue weighted by atomic mass is 9.71. The van der Waals surface area contributed by atoms with Crippen LogP contribution in [-0.4, -0.2) is 11.6 Å². The van der Waals surface area contributed by atoms with Crippen molar-refractivity contribution in [2.24, 2.45) is 5.41 Å². The second-order valence-corrected chi connectivity index (χ2v) is 5.44. The smallest absolute Gasteiger partial charge is 0.147 e. The van der Waals surface area contributed by atoms with Gasteiger partial charge in [0.25, 0.3) is 0 Å². The fraction of sp³-hybridized carbons (Fsp3) is 0.294. The van der Waals surface area contributed by atoms with Crippen LogP contribution >= 0.6 is 0 Å². The van der Waals surface area contributed by atoms with Gasteiger partial charge in [-0.05, 0) is 43.4 Å². The first-order chi connectivity index (χ1) is 9.04. The van der Waals surface area contributed by atoms with Gasteiger partial charge in [-0.3, -0.25) is 9.59 Å². The molecule has 0 spiro atoms. The molecule has 1 aromatic carbocycles. The molecule has 0 fully saturated rings. The molecule has 0 aromatic heterocycles. The Morgan fingerprint density at radius 1 is 1.11 bits per heavy atom. The van der Waals surface area contributed by atoms with Gasteiger partial charge in [0.15, 0.2) is 0 Å². The molecule has 0 N–H and O–H groups in total. The van der Waals surface area contributed by atoms with Crippen molar-refractivity contribution in [2.45, 2.75) is 26.7 Å². The van der Waals surface area contributed by atoms with E-state index in [0.29, 0.717) is 6.42 Å². The van der Waals surface area contributed by atoms with Crippen LogP contribution in [0.3, 0.4) is 0 Å². The molecular weight excluding hydrogens is 236 g/mol. The van der Waals surface area contributed by atoms with E-state index in [2.05, 4.69) is 12.1 Å². The number of carbonyl (C=O) groups is 2. The minimum atomic E-state index is -0.930. The molecule has 0 bridgehead atoms. The van der Waals surface area contributed by atoms with Crippen molar-refractivity contribution in [3.8, 4) is 0 Å². The highest BCUT2D eigenvalue weighted by Crippen LogP contribution is 2.45. The van der Waals surface area contributed by atoms with Crippen LogP contribution in [0, 0.1) is 5.41 Å². The summed E-state index contributed by atoms with van der Waals surface area (Å²) in [5.74, 6) is -0.113. The number of hydrogen-bond acceptors (Lipinski definition) is 2. The normalized spacial score (nSPS) is 19.1. The lowest BCUT2D eigenvalue weighted by Gasteiger charge is -2.29. The lowest BCUT2D eigenvalue weighted by Crippen LogP contribution is -2.36. The predicted molar refractivity (Wildman–Crippen MR) is 74.6 cm³/mol. The molecule has 0 atom stereocenters. The van der Waals surface area contributed by atoms with E-state index in [-0.39, 0.29) is 11.6 Å². The molecule has 0 heterocycles. The Morgan fingerprint density at radius 3 is 2.47 bits per heavy atom. The Bertz CT molecular complexity index is 633. The van der Waals surface area contributed by atoms with E-state index < -0.39 is 5.41 Å². The number of carbonyl (C=O) groups excluding carboxylic acids is 2. The molecule has 96 valence electrons. The Labute approximate surface area is 112 Å². The zero-order chi connectivity index (χ0) is 13.6. The van der Waals surface area contributed by atoms with Gasteiger partial charge in [-0.25, -0.2) is 0 Å². The van der Waals surface area contributed by atoms with Crippen molar-refractivity contribution in [3.05, 3.63) is 53.1 Å². The quantitative estimate of drug-likeness (QED) is 0.758. The first kappa shape index (κ1) is 12.1. The molecule has 0 saturated carbocycles. The third kappa shape index (κ3) is 1.63. The molecule has 19 heavy (non-hydrogen) atoms. The summed E-state index contributed by atoms with van der Waals surface area (Å²) in [6.45, 7) is 3.03. The van der Waals surface area contributed by atoms with E-state index >= 15 is 0 Å². The average molecular weight is 252 g/mol. The molecule has 2 nitrogen and oxygen atoms in total. The van der Waals surface area contributed by atoms with Crippen molar-refractivity contribution in [2.75, 3.05) is 0 Å². The zero-order valence-electron chi connectivity index (χ0n) is 11.2. The van der Waals surface area contributed by atoms with E-state index in [4.69, 9.17) is 0 Å². The Morgan fingerprint density at radius 2 is 1.79 bits per heavy atom. The lowest BCUT2D eigenvalue weighted by molar-refractivity contribution is -0.135. The van der Waals surface area contributed by atoms with Crippen LogP contribution in [0.4, 0.5) is 0 Å². The molecule has 0 amide bonds. The van der Waals surface area contributed by atoms with Gasteiger partial charge in [-0.2, -0.15) is 0 Å². The van der Waals surface area contributed by atoms with Crippen LogP contribution in [0.15, 0.2) is 42.0 Å². The predicted octanol–water partition coefficient (Wildman–Crippen LogP) is 3.12. The summed E-state index contributed by atoms with van der Waals surface area (Å²) in [7, 11) is 0. The van der Waals surface area contributed by atoms with Crippen LogP contribution in [0.25, 0.3) is 5.57 Å². The van der Waals surface area contributed by atoms with E-state index in [1.165, 1.54) is 36.1 Å². The average Bonchev–Trinajstić information content (AvgIpc) is 2.75. The topological polar surface area (TPSA) is 34.1 Å². The summed E-state index contributed by atoms with van der Waals surface area (Å²) in [4.78, 5) is 23.9. The van der Waals surface area contributed by atoms with Crippen molar-refractivity contribution in [1.82, 2.24) is 0 Å². The Hall–Kier alpha value is -1.96. The SMILES string of the molecule is CC(=O)C1(C(C)=O)C=CC2=C(Cc3ccccc32)C1. The van der Waals surface area contributed by atoms with Gasteiger partial charge in [0.1, 0.15) is 17.0 Å². The van der Waals surface area contributed by atoms with E-state index in [0.717, 1.165) is 6.42 Å². The first-order valence-corrected chi connectivity index (χ1v) is 6.56. The molecule has 1 aromatic rings. The molecule has 2 aliphatic carbocycles. The van der Waals surface area contributed by atoms with Crippen molar-refractivity contribution in [3.63, 3.8) is 0 Å². The summed E-state index contributed by atoms with van der Waals surface area (Å²) in [5.41, 5.74) is 4.03. The second kappa shape index (κ2) is 4.02. The fourth-order valence-corrected chi connectivity index (χ4v) is 3.17. The highest BCUT2D eigenvalue weighted by atomic mass is 16.2. The number of Topliss-reactive ketones (excluding diaryl/α,β-unsaturated/α-hetero) is 2. The summed E-state index contributed by atoms with van der Waals surface area (Å²) in [6.07, 6.45) is 5.17. The number of benzene rings is 1. The van der Waals surface area contributed by atoms with Gasteiger partial charge < -0.3 is 0 Å². The number of fused-ring (bicyclic) bond motifs is 2. The molecule has 3 rings (SSSR count). The molecule has 2 heteroatoms. The third-order valence-corrected chi connectivity index (χ3v) is 4.38. The summed E-state index contributed by atoms with van der Waals surface area (Å²) < 4.78 is 0. The highest BCUT2D eigenvalue weighted by Gasteiger charge is 2.42. The molecule has 2 aliphatic rings. The largest absolute Gasteiger partial charge is 0.299 e. The van der Waals surface area contributed by atoms with E-state index in [1.54, 1.807) is 6.08 Å². The Balaban J connectivity index is 2.05.